The molecule has 2 aromatic heterocycles. The van der Waals surface area contributed by atoms with Crippen LogP contribution in [0.3, 0.4) is 0 Å². The molecule has 8 heteroatoms. The Morgan fingerprint density at radius 3 is 2.82 bits per heavy atom. The predicted octanol–water partition coefficient (Wildman–Crippen LogP) is 3.87. The highest BCUT2D eigenvalue weighted by atomic mass is 79.9. The molecule has 0 bridgehead atoms. The second kappa shape index (κ2) is 7.95. The van der Waals surface area contributed by atoms with Crippen LogP contribution in [0.15, 0.2) is 59.5 Å². The van der Waals surface area contributed by atoms with Crippen molar-refractivity contribution in [2.45, 2.75) is 0 Å². The van der Waals surface area contributed by atoms with Crippen LogP contribution in [0.1, 0.15) is 0 Å². The van der Waals surface area contributed by atoms with Crippen molar-refractivity contribution < 1.29 is 4.74 Å². The van der Waals surface area contributed by atoms with Crippen LogP contribution in [0.4, 0.5) is 11.6 Å². The van der Waals surface area contributed by atoms with Crippen molar-refractivity contribution in [3.8, 4) is 16.9 Å². The second-order valence-corrected chi connectivity index (χ2v) is 7.22. The zero-order valence-electron chi connectivity index (χ0n) is 15.3. The van der Waals surface area contributed by atoms with Gasteiger partial charge in [-0.2, -0.15) is 5.10 Å². The van der Waals surface area contributed by atoms with Gasteiger partial charge < -0.3 is 15.8 Å². The van der Waals surface area contributed by atoms with Crippen LogP contribution < -0.4 is 15.8 Å². The zero-order chi connectivity index (χ0) is 19.5. The van der Waals surface area contributed by atoms with Gasteiger partial charge in [0, 0.05) is 53.2 Å². The molecule has 0 saturated heterocycles. The Labute approximate surface area is 170 Å². The molecular formula is C20H19BrN6O. The van der Waals surface area contributed by atoms with E-state index in [1.807, 2.05) is 55.8 Å². The standard InChI is InChI=1S/C20H19BrN6O/c1-27-12-15(11-24-27)13-7-17(9-18(8-13)28-5-4-22)25-20-23-10-14-6-16(21)2-3-19(14)26-20/h2-3,6-12H,4-5,22H2,1H3,(H,23,25,26). The van der Waals surface area contributed by atoms with E-state index in [2.05, 4.69) is 36.3 Å². The maximum Gasteiger partial charge on any atom is 0.227 e. The molecular weight excluding hydrogens is 420 g/mol. The summed E-state index contributed by atoms with van der Waals surface area (Å²) in [7, 11) is 1.89. The van der Waals surface area contributed by atoms with Crippen molar-refractivity contribution in [3.63, 3.8) is 0 Å². The highest BCUT2D eigenvalue weighted by molar-refractivity contribution is 9.10. The molecule has 3 N–H and O–H groups in total. The molecule has 2 heterocycles. The Balaban J connectivity index is 1.68. The number of hydrogen-bond donors (Lipinski definition) is 2. The van der Waals surface area contributed by atoms with Crippen LogP contribution in [0.25, 0.3) is 22.0 Å². The molecule has 4 rings (SSSR count). The molecule has 0 aliphatic heterocycles. The summed E-state index contributed by atoms with van der Waals surface area (Å²) in [5, 5.41) is 8.49. The quantitative estimate of drug-likeness (QED) is 0.474. The molecule has 2 aromatic carbocycles. The van der Waals surface area contributed by atoms with Crippen LogP contribution in [0.5, 0.6) is 5.75 Å². The van der Waals surface area contributed by atoms with Crippen LogP contribution in [0, 0.1) is 0 Å². The first-order chi connectivity index (χ1) is 13.6. The van der Waals surface area contributed by atoms with Gasteiger partial charge >= 0.3 is 0 Å². The molecule has 0 atom stereocenters. The number of aromatic nitrogens is 4. The van der Waals surface area contributed by atoms with Gasteiger partial charge in [0.2, 0.25) is 5.95 Å². The van der Waals surface area contributed by atoms with E-state index >= 15 is 0 Å². The van der Waals surface area contributed by atoms with E-state index in [4.69, 9.17) is 10.5 Å². The minimum atomic E-state index is 0.442. The Morgan fingerprint density at radius 1 is 1.14 bits per heavy atom. The van der Waals surface area contributed by atoms with Crippen molar-refractivity contribution in [2.24, 2.45) is 12.8 Å². The van der Waals surface area contributed by atoms with Crippen molar-refractivity contribution in [1.82, 2.24) is 19.7 Å². The molecule has 28 heavy (non-hydrogen) atoms. The Bertz CT molecular complexity index is 1130. The summed E-state index contributed by atoms with van der Waals surface area (Å²) in [4.78, 5) is 9.01. The zero-order valence-corrected chi connectivity index (χ0v) is 16.8. The van der Waals surface area contributed by atoms with E-state index in [1.165, 1.54) is 0 Å². The fourth-order valence-electron chi connectivity index (χ4n) is 2.86. The van der Waals surface area contributed by atoms with E-state index < -0.39 is 0 Å². The van der Waals surface area contributed by atoms with Crippen molar-refractivity contribution in [2.75, 3.05) is 18.5 Å². The van der Waals surface area contributed by atoms with Gasteiger partial charge in [-0.25, -0.2) is 9.97 Å². The Morgan fingerprint density at radius 2 is 2.04 bits per heavy atom. The maximum absolute atomic E-state index is 5.75. The highest BCUT2D eigenvalue weighted by Gasteiger charge is 2.08. The molecule has 0 aliphatic carbocycles. The van der Waals surface area contributed by atoms with Gasteiger partial charge in [-0.3, -0.25) is 4.68 Å². The van der Waals surface area contributed by atoms with Crippen molar-refractivity contribution in [3.05, 3.63) is 59.5 Å². The molecule has 4 aromatic rings. The van der Waals surface area contributed by atoms with Crippen molar-refractivity contribution >= 4 is 38.5 Å². The molecule has 142 valence electrons. The first kappa shape index (κ1) is 18.4. The fraction of sp³-hybridized carbons (Fsp3) is 0.150. The lowest BCUT2D eigenvalue weighted by molar-refractivity contribution is 0.328. The summed E-state index contributed by atoms with van der Waals surface area (Å²) in [6.07, 6.45) is 5.57. The molecule has 0 radical (unpaired) electrons. The summed E-state index contributed by atoms with van der Waals surface area (Å²) < 4.78 is 8.51. The molecule has 0 amide bonds. The molecule has 7 nitrogen and oxygen atoms in total. The van der Waals surface area contributed by atoms with Gasteiger partial charge in [-0.05, 0) is 35.9 Å². The number of rotatable bonds is 6. The number of halogens is 1. The lowest BCUT2D eigenvalue weighted by Crippen LogP contribution is -2.10. The third kappa shape index (κ3) is 4.13. The fourth-order valence-corrected chi connectivity index (χ4v) is 3.24. The number of aryl methyl sites for hydroxylation is 1. The van der Waals surface area contributed by atoms with Gasteiger partial charge in [-0.15, -0.1) is 0 Å². The van der Waals surface area contributed by atoms with E-state index in [9.17, 15) is 0 Å². The summed E-state index contributed by atoms with van der Waals surface area (Å²) in [5.74, 6) is 1.24. The van der Waals surface area contributed by atoms with E-state index in [-0.39, 0.29) is 0 Å². The van der Waals surface area contributed by atoms with E-state index in [0.717, 1.165) is 37.9 Å². The van der Waals surface area contributed by atoms with Gasteiger partial charge in [0.15, 0.2) is 0 Å². The van der Waals surface area contributed by atoms with Crippen LogP contribution in [-0.2, 0) is 7.05 Å². The third-order valence-electron chi connectivity index (χ3n) is 4.13. The van der Waals surface area contributed by atoms with Crippen LogP contribution >= 0.6 is 15.9 Å². The van der Waals surface area contributed by atoms with E-state index in [0.29, 0.717) is 19.1 Å². The largest absolute Gasteiger partial charge is 0.492 e. The van der Waals surface area contributed by atoms with Crippen LogP contribution in [0.2, 0.25) is 0 Å². The second-order valence-electron chi connectivity index (χ2n) is 6.31. The summed E-state index contributed by atoms with van der Waals surface area (Å²) in [5.41, 5.74) is 9.24. The molecule has 0 spiro atoms. The highest BCUT2D eigenvalue weighted by Crippen LogP contribution is 2.30. The smallest absolute Gasteiger partial charge is 0.227 e. The van der Waals surface area contributed by atoms with Gasteiger partial charge in [0.05, 0.1) is 11.7 Å². The first-order valence-electron chi connectivity index (χ1n) is 8.77. The topological polar surface area (TPSA) is 90.9 Å². The number of hydrogen-bond acceptors (Lipinski definition) is 6. The Kier molecular flexibility index (Phi) is 5.23. The molecule has 0 aliphatic rings. The third-order valence-corrected chi connectivity index (χ3v) is 4.62. The molecule has 0 unspecified atom stereocenters. The number of anilines is 2. The lowest BCUT2D eigenvalue weighted by atomic mass is 10.1. The number of nitrogens with one attached hydrogen (secondary N) is 1. The monoisotopic (exact) mass is 438 g/mol. The van der Waals surface area contributed by atoms with Gasteiger partial charge in [-0.1, -0.05) is 15.9 Å². The minimum Gasteiger partial charge on any atom is -0.492 e. The Hall–Kier alpha value is -2.97. The number of benzene rings is 2. The van der Waals surface area contributed by atoms with Crippen molar-refractivity contribution in [1.29, 1.82) is 0 Å². The van der Waals surface area contributed by atoms with E-state index in [1.54, 1.807) is 10.9 Å². The molecule has 0 saturated carbocycles. The number of nitrogens with zero attached hydrogens (tertiary/aromatic N) is 4. The predicted molar refractivity (Wildman–Crippen MR) is 114 cm³/mol. The average Bonchev–Trinajstić information content (AvgIpc) is 3.13. The normalized spacial score (nSPS) is 11.0. The van der Waals surface area contributed by atoms with Gasteiger partial charge in [0.1, 0.15) is 12.4 Å². The summed E-state index contributed by atoms with van der Waals surface area (Å²) >= 11 is 3.46. The number of fused-ring (bicyclic) bond motifs is 1. The van der Waals surface area contributed by atoms with Gasteiger partial charge in [0.25, 0.3) is 0 Å². The summed E-state index contributed by atoms with van der Waals surface area (Å²) in [6, 6.07) is 11.8. The maximum atomic E-state index is 5.75. The SMILES string of the molecule is Cn1cc(-c2cc(Nc3ncc4cc(Br)ccc4n3)cc(OCCN)c2)cn1. The summed E-state index contributed by atoms with van der Waals surface area (Å²) in [6.45, 7) is 0.889. The number of ether oxygens (including phenoxy) is 1. The first-order valence-corrected chi connectivity index (χ1v) is 9.56. The molecule has 0 fully saturated rings. The van der Waals surface area contributed by atoms with Crippen LogP contribution in [-0.4, -0.2) is 32.9 Å². The number of nitrogens with two attached hydrogens (primary N) is 1. The average molecular weight is 439 g/mol. The lowest BCUT2D eigenvalue weighted by Gasteiger charge is -2.11. The minimum absolute atomic E-state index is 0.442.